The lowest BCUT2D eigenvalue weighted by molar-refractivity contribution is -0.131. The number of aldehydes is 1. The van der Waals surface area contributed by atoms with Crippen molar-refractivity contribution >= 4 is 28.8 Å². The number of nitrogens with zero attached hydrogens (tertiary/aromatic N) is 4. The number of nitrogens with one attached hydrogen (secondary N) is 2. The van der Waals surface area contributed by atoms with Crippen molar-refractivity contribution in [2.45, 2.75) is 12.6 Å². The van der Waals surface area contributed by atoms with Gasteiger partial charge in [-0.05, 0) is 17.7 Å². The molecule has 4 aromatic heterocycles. The van der Waals surface area contributed by atoms with E-state index in [4.69, 9.17) is 0 Å². The van der Waals surface area contributed by atoms with Crippen molar-refractivity contribution in [2.75, 3.05) is 11.9 Å². The van der Waals surface area contributed by atoms with Crippen LogP contribution in [-0.2, 0) is 0 Å². The molecule has 0 fully saturated rings. The Morgan fingerprint density at radius 3 is 2.93 bits per heavy atom. The van der Waals surface area contributed by atoms with Crippen molar-refractivity contribution in [1.29, 1.82) is 0 Å². The van der Waals surface area contributed by atoms with Crippen LogP contribution >= 0.6 is 0 Å². The molecule has 0 atom stereocenters. The highest BCUT2D eigenvalue weighted by Crippen LogP contribution is 2.29. The normalized spacial score (nSPS) is 12.0. The average molecular weight is 374 g/mol. The van der Waals surface area contributed by atoms with Crippen LogP contribution in [0.1, 0.15) is 16.8 Å². The van der Waals surface area contributed by atoms with Crippen LogP contribution in [0.2, 0.25) is 0 Å². The Labute approximate surface area is 150 Å². The SMILES string of the molecule is O=Cc1cnn2ccc(-c3c[nH]c4nc(NCCC(F)(F)F)ncc34)cc12. The lowest BCUT2D eigenvalue weighted by atomic mass is 10.1. The van der Waals surface area contributed by atoms with Crippen LogP contribution in [0.4, 0.5) is 19.1 Å². The molecular weight excluding hydrogens is 361 g/mol. The molecule has 0 saturated heterocycles. The van der Waals surface area contributed by atoms with Gasteiger partial charge in [0.25, 0.3) is 0 Å². The predicted octanol–water partition coefficient (Wildman–Crippen LogP) is 3.45. The number of aromatic nitrogens is 5. The predicted molar refractivity (Wildman–Crippen MR) is 92.6 cm³/mol. The minimum atomic E-state index is -4.23. The Morgan fingerprint density at radius 1 is 1.30 bits per heavy atom. The number of hydrogen-bond donors (Lipinski definition) is 2. The molecule has 0 aromatic carbocycles. The minimum Gasteiger partial charge on any atom is -0.354 e. The number of anilines is 1. The number of H-pyrrole nitrogens is 1. The molecule has 4 aromatic rings. The number of carbonyl (C=O) groups is 1. The highest BCUT2D eigenvalue weighted by Gasteiger charge is 2.26. The van der Waals surface area contributed by atoms with Crippen molar-refractivity contribution in [3.8, 4) is 11.1 Å². The standard InChI is InChI=1S/C17H13F3N6O/c18-17(19,20)2-3-21-16-23-8-13-12(7-22-15(13)25-16)10-1-4-26-14(5-10)11(9-27)6-24-26/h1,4-9H,2-3H2,(H2,21,22,23,25). The fourth-order valence-corrected chi connectivity index (χ4v) is 2.81. The Balaban J connectivity index is 1.64. The number of hydrogen-bond acceptors (Lipinski definition) is 5. The van der Waals surface area contributed by atoms with Gasteiger partial charge in [0.05, 0.1) is 23.7 Å². The molecule has 0 radical (unpaired) electrons. The van der Waals surface area contributed by atoms with E-state index in [0.29, 0.717) is 22.1 Å². The molecule has 0 unspecified atom stereocenters. The first-order chi connectivity index (χ1) is 12.9. The lowest BCUT2D eigenvalue weighted by Crippen LogP contribution is -2.15. The summed E-state index contributed by atoms with van der Waals surface area (Å²) in [7, 11) is 0. The zero-order valence-electron chi connectivity index (χ0n) is 13.8. The largest absolute Gasteiger partial charge is 0.390 e. The second-order valence-electron chi connectivity index (χ2n) is 5.91. The van der Waals surface area contributed by atoms with E-state index in [-0.39, 0.29) is 12.5 Å². The summed E-state index contributed by atoms with van der Waals surface area (Å²) in [5.41, 5.74) is 3.29. The third kappa shape index (κ3) is 3.33. The molecule has 0 amide bonds. The number of rotatable bonds is 5. The molecule has 0 aliphatic carbocycles. The second-order valence-corrected chi connectivity index (χ2v) is 5.91. The van der Waals surface area contributed by atoms with Crippen LogP contribution in [0, 0.1) is 0 Å². The molecule has 0 aliphatic rings. The van der Waals surface area contributed by atoms with Gasteiger partial charge in [-0.1, -0.05) is 0 Å². The van der Waals surface area contributed by atoms with Gasteiger partial charge in [0, 0.05) is 36.1 Å². The van der Waals surface area contributed by atoms with Crippen LogP contribution in [0.3, 0.4) is 0 Å². The number of halogens is 3. The first-order valence-electron chi connectivity index (χ1n) is 8.02. The maximum atomic E-state index is 12.2. The fourth-order valence-electron chi connectivity index (χ4n) is 2.81. The van der Waals surface area contributed by atoms with Crippen LogP contribution < -0.4 is 5.32 Å². The highest BCUT2D eigenvalue weighted by atomic mass is 19.4. The molecule has 10 heteroatoms. The number of carbonyl (C=O) groups excluding carboxylic acids is 1. The van der Waals surface area contributed by atoms with E-state index in [2.05, 4.69) is 25.4 Å². The molecule has 4 rings (SSSR count). The molecule has 27 heavy (non-hydrogen) atoms. The number of fused-ring (bicyclic) bond motifs is 2. The van der Waals surface area contributed by atoms with Crippen LogP contribution in [0.5, 0.6) is 0 Å². The Hall–Kier alpha value is -3.43. The first-order valence-corrected chi connectivity index (χ1v) is 8.02. The van der Waals surface area contributed by atoms with Gasteiger partial charge in [-0.25, -0.2) is 9.50 Å². The van der Waals surface area contributed by atoms with E-state index in [1.807, 2.05) is 12.1 Å². The topological polar surface area (TPSA) is 88.0 Å². The van der Waals surface area contributed by atoms with Gasteiger partial charge < -0.3 is 10.3 Å². The van der Waals surface area contributed by atoms with Crippen molar-refractivity contribution in [3.63, 3.8) is 0 Å². The number of aromatic amines is 1. The first kappa shape index (κ1) is 17.0. The number of alkyl halides is 3. The molecule has 7 nitrogen and oxygen atoms in total. The van der Waals surface area contributed by atoms with Gasteiger partial charge in [-0.15, -0.1) is 0 Å². The lowest BCUT2D eigenvalue weighted by Gasteiger charge is -2.07. The maximum absolute atomic E-state index is 12.2. The van der Waals surface area contributed by atoms with E-state index >= 15 is 0 Å². The summed E-state index contributed by atoms with van der Waals surface area (Å²) in [6.45, 7) is -0.297. The van der Waals surface area contributed by atoms with E-state index in [1.54, 1.807) is 23.1 Å². The zero-order chi connectivity index (χ0) is 19.0. The Kier molecular flexibility index (Phi) is 4.02. The van der Waals surface area contributed by atoms with E-state index < -0.39 is 12.6 Å². The van der Waals surface area contributed by atoms with Crippen molar-refractivity contribution in [3.05, 3.63) is 42.5 Å². The van der Waals surface area contributed by atoms with E-state index in [1.165, 1.54) is 6.20 Å². The number of pyridine rings is 1. The van der Waals surface area contributed by atoms with Crippen LogP contribution in [0.25, 0.3) is 27.7 Å². The molecule has 0 bridgehead atoms. The second kappa shape index (κ2) is 6.38. The van der Waals surface area contributed by atoms with Gasteiger partial charge in [-0.2, -0.15) is 23.3 Å². The third-order valence-corrected chi connectivity index (χ3v) is 4.11. The quantitative estimate of drug-likeness (QED) is 0.523. The van der Waals surface area contributed by atoms with E-state index in [9.17, 15) is 18.0 Å². The zero-order valence-corrected chi connectivity index (χ0v) is 13.8. The Bertz CT molecular complexity index is 1130. The molecule has 4 heterocycles. The highest BCUT2D eigenvalue weighted by molar-refractivity contribution is 5.95. The molecule has 0 saturated carbocycles. The molecule has 0 spiro atoms. The van der Waals surface area contributed by atoms with E-state index in [0.717, 1.165) is 17.4 Å². The summed E-state index contributed by atoms with van der Waals surface area (Å²) in [4.78, 5) is 22.4. The maximum Gasteiger partial charge on any atom is 0.390 e. The minimum absolute atomic E-state index is 0.120. The summed E-state index contributed by atoms with van der Waals surface area (Å²) in [5, 5.41) is 7.38. The van der Waals surface area contributed by atoms with Gasteiger partial charge in [0.1, 0.15) is 5.65 Å². The molecular formula is C17H13F3N6O. The summed E-state index contributed by atoms with van der Waals surface area (Å²) in [5.74, 6) is 0.120. The van der Waals surface area contributed by atoms with Crippen molar-refractivity contribution in [2.24, 2.45) is 0 Å². The van der Waals surface area contributed by atoms with Crippen molar-refractivity contribution in [1.82, 2.24) is 24.6 Å². The van der Waals surface area contributed by atoms with Gasteiger partial charge in [0.2, 0.25) is 5.95 Å². The molecule has 138 valence electrons. The van der Waals surface area contributed by atoms with Crippen LogP contribution in [-0.4, -0.2) is 43.6 Å². The van der Waals surface area contributed by atoms with Gasteiger partial charge in [0.15, 0.2) is 6.29 Å². The fraction of sp³-hybridized carbons (Fsp3) is 0.176. The third-order valence-electron chi connectivity index (χ3n) is 4.11. The molecule has 0 aliphatic heterocycles. The summed E-state index contributed by atoms with van der Waals surface area (Å²) in [6, 6.07) is 3.67. The Morgan fingerprint density at radius 2 is 2.15 bits per heavy atom. The van der Waals surface area contributed by atoms with Crippen LogP contribution in [0.15, 0.2) is 36.9 Å². The van der Waals surface area contributed by atoms with Crippen molar-refractivity contribution < 1.29 is 18.0 Å². The summed E-state index contributed by atoms with van der Waals surface area (Å²) < 4.78 is 38.3. The average Bonchev–Trinajstić information content (AvgIpc) is 3.23. The van der Waals surface area contributed by atoms with Gasteiger partial charge in [-0.3, -0.25) is 4.79 Å². The summed E-state index contributed by atoms with van der Waals surface area (Å²) in [6.07, 6.45) is 2.06. The smallest absolute Gasteiger partial charge is 0.354 e. The summed E-state index contributed by atoms with van der Waals surface area (Å²) >= 11 is 0. The van der Waals surface area contributed by atoms with Gasteiger partial charge >= 0.3 is 6.18 Å². The molecule has 2 N–H and O–H groups in total. The monoisotopic (exact) mass is 374 g/mol.